The Morgan fingerprint density at radius 2 is 2.06 bits per heavy atom. The molecule has 0 saturated heterocycles. The summed E-state index contributed by atoms with van der Waals surface area (Å²) < 4.78 is 1.04. The average Bonchev–Trinajstić information content (AvgIpc) is 2.26. The van der Waals surface area contributed by atoms with E-state index in [2.05, 4.69) is 52.2 Å². The van der Waals surface area contributed by atoms with Crippen LogP contribution in [-0.4, -0.2) is 18.1 Å². The van der Waals surface area contributed by atoms with Gasteiger partial charge in [-0.15, -0.1) is 0 Å². The lowest BCUT2D eigenvalue weighted by Crippen LogP contribution is -2.28. The van der Waals surface area contributed by atoms with Crippen molar-refractivity contribution >= 4 is 15.9 Å². The first-order valence-electron chi connectivity index (χ1n) is 5.89. The Hall–Kier alpha value is -0.410. The molecule has 0 bridgehead atoms. The van der Waals surface area contributed by atoms with E-state index in [-0.39, 0.29) is 0 Å². The number of likely N-dealkylation sites (N-methyl/N-ethyl adjacent to an activating group) is 1. The van der Waals surface area contributed by atoms with Gasteiger partial charge < -0.3 is 5.32 Å². The van der Waals surface area contributed by atoms with Crippen molar-refractivity contribution in [3.05, 3.63) is 28.5 Å². The van der Waals surface area contributed by atoms with E-state index in [1.165, 1.54) is 12.8 Å². The van der Waals surface area contributed by atoms with Gasteiger partial charge in [0.15, 0.2) is 0 Å². The van der Waals surface area contributed by atoms with Gasteiger partial charge in [0, 0.05) is 28.8 Å². The SMILES string of the molecule is CNC(CCC(C)C)Cc1ccc(Br)cn1. The average molecular weight is 285 g/mol. The molecule has 0 aromatic carbocycles. The largest absolute Gasteiger partial charge is 0.317 e. The molecule has 0 aliphatic heterocycles. The topological polar surface area (TPSA) is 24.9 Å². The maximum Gasteiger partial charge on any atom is 0.0419 e. The van der Waals surface area contributed by atoms with Crippen LogP contribution in [0.5, 0.6) is 0 Å². The molecule has 0 aliphatic carbocycles. The van der Waals surface area contributed by atoms with E-state index in [0.717, 1.165) is 22.5 Å². The number of hydrogen-bond donors (Lipinski definition) is 1. The summed E-state index contributed by atoms with van der Waals surface area (Å²) in [6.07, 6.45) is 5.36. The number of halogens is 1. The second kappa shape index (κ2) is 7.02. The van der Waals surface area contributed by atoms with Crippen LogP contribution >= 0.6 is 15.9 Å². The molecule has 1 N–H and O–H groups in total. The molecule has 1 heterocycles. The van der Waals surface area contributed by atoms with Gasteiger partial charge in [0.25, 0.3) is 0 Å². The lowest BCUT2D eigenvalue weighted by Gasteiger charge is -2.16. The zero-order valence-corrected chi connectivity index (χ0v) is 11.9. The van der Waals surface area contributed by atoms with Gasteiger partial charge >= 0.3 is 0 Å². The lowest BCUT2D eigenvalue weighted by molar-refractivity contribution is 0.448. The first-order valence-corrected chi connectivity index (χ1v) is 6.68. The molecule has 0 radical (unpaired) electrons. The molecule has 0 saturated carbocycles. The summed E-state index contributed by atoms with van der Waals surface area (Å²) in [7, 11) is 2.03. The molecule has 3 heteroatoms. The van der Waals surface area contributed by atoms with Crippen molar-refractivity contribution in [2.75, 3.05) is 7.05 Å². The van der Waals surface area contributed by atoms with Crippen molar-refractivity contribution in [1.29, 1.82) is 0 Å². The second-order valence-corrected chi connectivity index (χ2v) is 5.54. The van der Waals surface area contributed by atoms with Crippen LogP contribution in [0.3, 0.4) is 0 Å². The van der Waals surface area contributed by atoms with E-state index >= 15 is 0 Å². The third kappa shape index (κ3) is 5.08. The fourth-order valence-corrected chi connectivity index (χ4v) is 1.90. The maximum absolute atomic E-state index is 4.41. The molecule has 1 aromatic heterocycles. The number of aromatic nitrogens is 1. The second-order valence-electron chi connectivity index (χ2n) is 4.63. The molecule has 1 atom stereocenters. The minimum Gasteiger partial charge on any atom is -0.317 e. The standard InChI is InChI=1S/C13H21BrN2/c1-10(2)4-6-12(15-3)8-13-7-5-11(14)9-16-13/h5,7,9-10,12,15H,4,6,8H2,1-3H3. The van der Waals surface area contributed by atoms with Gasteiger partial charge in [-0.25, -0.2) is 0 Å². The van der Waals surface area contributed by atoms with E-state index in [9.17, 15) is 0 Å². The molecule has 90 valence electrons. The number of nitrogens with zero attached hydrogens (tertiary/aromatic N) is 1. The predicted molar refractivity (Wildman–Crippen MR) is 72.6 cm³/mol. The maximum atomic E-state index is 4.41. The van der Waals surface area contributed by atoms with Crippen molar-refractivity contribution in [1.82, 2.24) is 10.3 Å². The molecule has 2 nitrogen and oxygen atoms in total. The van der Waals surface area contributed by atoms with E-state index < -0.39 is 0 Å². The highest BCUT2D eigenvalue weighted by atomic mass is 79.9. The van der Waals surface area contributed by atoms with Gasteiger partial charge in [-0.1, -0.05) is 13.8 Å². The van der Waals surface area contributed by atoms with E-state index in [1.807, 2.05) is 13.2 Å². The Morgan fingerprint density at radius 3 is 2.56 bits per heavy atom. The van der Waals surface area contributed by atoms with Crippen LogP contribution in [0.1, 0.15) is 32.4 Å². The van der Waals surface area contributed by atoms with Crippen molar-refractivity contribution in [3.8, 4) is 0 Å². The highest BCUT2D eigenvalue weighted by Crippen LogP contribution is 2.12. The quantitative estimate of drug-likeness (QED) is 0.866. The first-order chi connectivity index (χ1) is 7.61. The Balaban J connectivity index is 2.46. The molecule has 0 aliphatic rings. The molecule has 1 unspecified atom stereocenters. The van der Waals surface area contributed by atoms with Gasteiger partial charge in [-0.3, -0.25) is 4.98 Å². The molecule has 0 amide bonds. The van der Waals surface area contributed by atoms with Crippen LogP contribution in [0.4, 0.5) is 0 Å². The zero-order chi connectivity index (χ0) is 12.0. The van der Waals surface area contributed by atoms with Gasteiger partial charge in [0.1, 0.15) is 0 Å². The normalized spacial score (nSPS) is 13.1. The summed E-state index contributed by atoms with van der Waals surface area (Å²) in [5.74, 6) is 0.772. The van der Waals surface area contributed by atoms with Crippen molar-refractivity contribution < 1.29 is 0 Å². The number of pyridine rings is 1. The Kier molecular flexibility index (Phi) is 5.99. The summed E-state index contributed by atoms with van der Waals surface area (Å²) in [6.45, 7) is 4.54. The minimum atomic E-state index is 0.538. The van der Waals surface area contributed by atoms with Crippen LogP contribution in [0.2, 0.25) is 0 Å². The third-order valence-electron chi connectivity index (χ3n) is 2.74. The van der Waals surface area contributed by atoms with Crippen molar-refractivity contribution in [3.63, 3.8) is 0 Å². The van der Waals surface area contributed by atoms with Gasteiger partial charge in [-0.2, -0.15) is 0 Å². The number of hydrogen-bond acceptors (Lipinski definition) is 2. The van der Waals surface area contributed by atoms with Crippen LogP contribution in [0.15, 0.2) is 22.8 Å². The van der Waals surface area contributed by atoms with Gasteiger partial charge in [0.2, 0.25) is 0 Å². The van der Waals surface area contributed by atoms with E-state index in [4.69, 9.17) is 0 Å². The Labute approximate surface area is 107 Å². The lowest BCUT2D eigenvalue weighted by atomic mass is 10.00. The summed E-state index contributed by atoms with van der Waals surface area (Å²) in [4.78, 5) is 4.41. The highest BCUT2D eigenvalue weighted by Gasteiger charge is 2.08. The molecule has 1 rings (SSSR count). The fraction of sp³-hybridized carbons (Fsp3) is 0.615. The molecular formula is C13H21BrN2. The fourth-order valence-electron chi connectivity index (χ4n) is 1.66. The number of nitrogens with one attached hydrogen (secondary N) is 1. The van der Waals surface area contributed by atoms with Crippen molar-refractivity contribution in [2.24, 2.45) is 5.92 Å². The predicted octanol–water partition coefficient (Wildman–Crippen LogP) is 3.41. The van der Waals surface area contributed by atoms with E-state index in [1.54, 1.807) is 0 Å². The molecule has 16 heavy (non-hydrogen) atoms. The third-order valence-corrected chi connectivity index (χ3v) is 3.21. The smallest absolute Gasteiger partial charge is 0.0419 e. The Bertz CT molecular complexity index is 295. The Morgan fingerprint density at radius 1 is 1.31 bits per heavy atom. The van der Waals surface area contributed by atoms with Crippen LogP contribution in [0, 0.1) is 5.92 Å². The first kappa shape index (κ1) is 13.7. The summed E-state index contributed by atoms with van der Waals surface area (Å²) in [5, 5.41) is 3.37. The zero-order valence-electron chi connectivity index (χ0n) is 10.3. The minimum absolute atomic E-state index is 0.538. The van der Waals surface area contributed by atoms with Gasteiger partial charge in [-0.05, 0) is 53.9 Å². The molecular weight excluding hydrogens is 264 g/mol. The van der Waals surface area contributed by atoms with Gasteiger partial charge in [0.05, 0.1) is 0 Å². The number of rotatable bonds is 6. The van der Waals surface area contributed by atoms with Crippen LogP contribution in [0.25, 0.3) is 0 Å². The van der Waals surface area contributed by atoms with Crippen LogP contribution < -0.4 is 5.32 Å². The monoisotopic (exact) mass is 284 g/mol. The molecule has 0 fully saturated rings. The summed E-state index contributed by atoms with van der Waals surface area (Å²) in [5.41, 5.74) is 1.16. The van der Waals surface area contributed by atoms with Crippen molar-refractivity contribution in [2.45, 2.75) is 39.2 Å². The molecule has 1 aromatic rings. The highest BCUT2D eigenvalue weighted by molar-refractivity contribution is 9.10. The molecule has 0 spiro atoms. The van der Waals surface area contributed by atoms with Crippen LogP contribution in [-0.2, 0) is 6.42 Å². The van der Waals surface area contributed by atoms with E-state index in [0.29, 0.717) is 6.04 Å². The summed E-state index contributed by atoms with van der Waals surface area (Å²) in [6, 6.07) is 4.68. The summed E-state index contributed by atoms with van der Waals surface area (Å²) >= 11 is 3.40.